The molecule has 0 atom stereocenters. The second-order valence-electron chi connectivity index (χ2n) is 5.56. The third-order valence-corrected chi connectivity index (χ3v) is 4.08. The lowest BCUT2D eigenvalue weighted by Gasteiger charge is -2.11. The first-order chi connectivity index (χ1) is 10.7. The number of rotatable bonds is 5. The van der Waals surface area contributed by atoms with Crippen LogP contribution in [0.4, 0.5) is 0 Å². The summed E-state index contributed by atoms with van der Waals surface area (Å²) in [7, 11) is 0. The van der Waals surface area contributed by atoms with E-state index < -0.39 is 0 Å². The summed E-state index contributed by atoms with van der Waals surface area (Å²) >= 11 is 5.84. The lowest BCUT2D eigenvalue weighted by Crippen LogP contribution is -2.22. The molecule has 0 unspecified atom stereocenters. The van der Waals surface area contributed by atoms with Crippen molar-refractivity contribution in [2.45, 2.75) is 25.9 Å². The highest BCUT2D eigenvalue weighted by Gasteiger charge is 2.15. The van der Waals surface area contributed by atoms with E-state index in [4.69, 9.17) is 16.0 Å². The van der Waals surface area contributed by atoms with Gasteiger partial charge in [0.2, 0.25) is 0 Å². The van der Waals surface area contributed by atoms with Gasteiger partial charge in [-0.15, -0.1) is 0 Å². The predicted molar refractivity (Wildman–Crippen MR) is 85.8 cm³/mol. The molecule has 3 rings (SSSR count). The molecular formula is C17H19ClN2O2. The van der Waals surface area contributed by atoms with Crippen molar-refractivity contribution in [3.63, 3.8) is 0 Å². The zero-order valence-corrected chi connectivity index (χ0v) is 13.1. The Morgan fingerprint density at radius 3 is 2.59 bits per heavy atom. The van der Waals surface area contributed by atoms with Gasteiger partial charge in [0.05, 0.1) is 6.54 Å². The molecule has 0 saturated carbocycles. The third-order valence-electron chi connectivity index (χ3n) is 3.83. The molecule has 1 aliphatic rings. The number of likely N-dealkylation sites (tertiary alicyclic amines) is 1. The number of nitrogens with one attached hydrogen (secondary N) is 1. The first-order valence-corrected chi connectivity index (χ1v) is 7.92. The summed E-state index contributed by atoms with van der Waals surface area (Å²) in [4.78, 5) is 14.4. The van der Waals surface area contributed by atoms with Crippen molar-refractivity contribution in [2.24, 2.45) is 0 Å². The molecule has 2 heterocycles. The van der Waals surface area contributed by atoms with E-state index in [1.807, 2.05) is 30.3 Å². The molecule has 116 valence electrons. The van der Waals surface area contributed by atoms with Gasteiger partial charge < -0.3 is 9.73 Å². The molecule has 0 aliphatic carbocycles. The fraction of sp³-hybridized carbons (Fsp3) is 0.353. The monoisotopic (exact) mass is 318 g/mol. The molecule has 0 bridgehead atoms. The van der Waals surface area contributed by atoms with Gasteiger partial charge in [-0.25, -0.2) is 0 Å². The highest BCUT2D eigenvalue weighted by molar-refractivity contribution is 6.30. The van der Waals surface area contributed by atoms with Crippen LogP contribution in [0, 0.1) is 0 Å². The molecule has 1 aliphatic heterocycles. The molecular weight excluding hydrogens is 300 g/mol. The first-order valence-electron chi connectivity index (χ1n) is 7.54. The third kappa shape index (κ3) is 3.90. The van der Waals surface area contributed by atoms with Crippen LogP contribution in [0.15, 0.2) is 40.8 Å². The van der Waals surface area contributed by atoms with E-state index in [0.29, 0.717) is 17.3 Å². The maximum absolute atomic E-state index is 12.1. The van der Waals surface area contributed by atoms with E-state index in [1.54, 1.807) is 6.07 Å². The standard InChI is InChI=1S/C17H19ClN2O2/c18-14-5-3-13(4-6-14)11-19-17(21)16-8-7-15(22-16)12-20-9-1-2-10-20/h3-8H,1-2,9-12H2,(H,19,21). The van der Waals surface area contributed by atoms with Crippen molar-refractivity contribution in [1.29, 1.82) is 0 Å². The SMILES string of the molecule is O=C(NCc1ccc(Cl)cc1)c1ccc(CN2CCCC2)o1. The first kappa shape index (κ1) is 15.1. The Morgan fingerprint density at radius 2 is 1.86 bits per heavy atom. The fourth-order valence-corrected chi connectivity index (χ4v) is 2.74. The van der Waals surface area contributed by atoms with Crippen LogP contribution in [0.1, 0.15) is 34.7 Å². The lowest BCUT2D eigenvalue weighted by molar-refractivity contribution is 0.0919. The number of halogens is 1. The fourth-order valence-electron chi connectivity index (χ4n) is 2.62. The summed E-state index contributed by atoms with van der Waals surface area (Å²) in [5, 5.41) is 3.54. The Morgan fingerprint density at radius 1 is 1.14 bits per heavy atom. The second-order valence-corrected chi connectivity index (χ2v) is 5.99. The minimum Gasteiger partial charge on any atom is -0.455 e. The largest absolute Gasteiger partial charge is 0.455 e. The summed E-state index contributed by atoms with van der Waals surface area (Å²) in [6, 6.07) is 11.0. The van der Waals surface area contributed by atoms with Crippen molar-refractivity contribution in [1.82, 2.24) is 10.2 Å². The summed E-state index contributed by atoms with van der Waals surface area (Å²) < 4.78 is 5.64. The average molecular weight is 319 g/mol. The van der Waals surface area contributed by atoms with Crippen molar-refractivity contribution in [3.05, 3.63) is 58.5 Å². The van der Waals surface area contributed by atoms with Crippen LogP contribution >= 0.6 is 11.6 Å². The van der Waals surface area contributed by atoms with Crippen molar-refractivity contribution < 1.29 is 9.21 Å². The highest BCUT2D eigenvalue weighted by Crippen LogP contribution is 2.15. The van der Waals surface area contributed by atoms with Crippen molar-refractivity contribution in [2.75, 3.05) is 13.1 Å². The van der Waals surface area contributed by atoms with Gasteiger partial charge in [0.25, 0.3) is 5.91 Å². The highest BCUT2D eigenvalue weighted by atomic mass is 35.5. The van der Waals surface area contributed by atoms with Crippen LogP contribution in [-0.2, 0) is 13.1 Å². The number of hydrogen-bond donors (Lipinski definition) is 1. The minimum atomic E-state index is -0.192. The van der Waals surface area contributed by atoms with Gasteiger partial charge in [-0.2, -0.15) is 0 Å². The lowest BCUT2D eigenvalue weighted by atomic mass is 10.2. The number of benzene rings is 1. The molecule has 22 heavy (non-hydrogen) atoms. The molecule has 5 heteroatoms. The molecule has 0 radical (unpaired) electrons. The Hall–Kier alpha value is -1.78. The summed E-state index contributed by atoms with van der Waals surface area (Å²) in [5.41, 5.74) is 1.00. The summed E-state index contributed by atoms with van der Waals surface area (Å²) in [5.74, 6) is 1.02. The smallest absolute Gasteiger partial charge is 0.287 e. The topological polar surface area (TPSA) is 45.5 Å². The van der Waals surface area contributed by atoms with Gasteiger partial charge in [-0.1, -0.05) is 23.7 Å². The number of carbonyl (C=O) groups excluding carboxylic acids is 1. The van der Waals surface area contributed by atoms with Crippen LogP contribution in [-0.4, -0.2) is 23.9 Å². The minimum absolute atomic E-state index is 0.192. The molecule has 1 fully saturated rings. The Kier molecular flexibility index (Phi) is 4.80. The van der Waals surface area contributed by atoms with Crippen LogP contribution in [0.5, 0.6) is 0 Å². The van der Waals surface area contributed by atoms with Crippen molar-refractivity contribution >= 4 is 17.5 Å². The summed E-state index contributed by atoms with van der Waals surface area (Å²) in [6.07, 6.45) is 2.49. The van der Waals surface area contributed by atoms with Gasteiger partial charge in [0, 0.05) is 11.6 Å². The Bertz CT molecular complexity index is 630. The molecule has 1 amide bonds. The van der Waals surface area contributed by atoms with Gasteiger partial charge in [0.15, 0.2) is 5.76 Å². The van der Waals surface area contributed by atoms with Crippen LogP contribution in [0.3, 0.4) is 0 Å². The van der Waals surface area contributed by atoms with Gasteiger partial charge in [-0.3, -0.25) is 9.69 Å². The number of amides is 1. The molecule has 1 aromatic carbocycles. The van der Waals surface area contributed by atoms with E-state index in [2.05, 4.69) is 10.2 Å². The number of carbonyl (C=O) groups is 1. The van der Waals surface area contributed by atoms with E-state index in [1.165, 1.54) is 12.8 Å². The van der Waals surface area contributed by atoms with E-state index in [-0.39, 0.29) is 5.91 Å². The second kappa shape index (κ2) is 6.99. The quantitative estimate of drug-likeness (QED) is 0.918. The Labute approximate surface area is 135 Å². The van der Waals surface area contributed by atoms with Crippen molar-refractivity contribution in [3.8, 4) is 0 Å². The zero-order valence-electron chi connectivity index (χ0n) is 12.3. The molecule has 1 N–H and O–H groups in total. The van der Waals surface area contributed by atoms with Crippen LogP contribution < -0.4 is 5.32 Å². The number of furan rings is 1. The Balaban J connectivity index is 1.53. The zero-order chi connectivity index (χ0) is 15.4. The maximum Gasteiger partial charge on any atom is 0.287 e. The molecule has 1 aromatic heterocycles. The summed E-state index contributed by atoms with van der Waals surface area (Å²) in [6.45, 7) is 3.46. The van der Waals surface area contributed by atoms with E-state index >= 15 is 0 Å². The molecule has 4 nitrogen and oxygen atoms in total. The molecule has 2 aromatic rings. The number of hydrogen-bond acceptors (Lipinski definition) is 3. The van der Waals surface area contributed by atoms with E-state index in [9.17, 15) is 4.79 Å². The average Bonchev–Trinajstić information content (AvgIpc) is 3.19. The van der Waals surface area contributed by atoms with Gasteiger partial charge in [0.1, 0.15) is 5.76 Å². The normalized spacial score (nSPS) is 15.1. The molecule has 1 saturated heterocycles. The van der Waals surface area contributed by atoms with E-state index in [0.717, 1.165) is 31.0 Å². The van der Waals surface area contributed by atoms with Gasteiger partial charge in [-0.05, 0) is 55.8 Å². The van der Waals surface area contributed by atoms with Crippen LogP contribution in [0.25, 0.3) is 0 Å². The number of nitrogens with zero attached hydrogens (tertiary/aromatic N) is 1. The maximum atomic E-state index is 12.1. The van der Waals surface area contributed by atoms with Crippen LogP contribution in [0.2, 0.25) is 5.02 Å². The molecule has 0 spiro atoms. The van der Waals surface area contributed by atoms with Gasteiger partial charge >= 0.3 is 0 Å². The predicted octanol–water partition coefficient (Wildman–Crippen LogP) is 3.46.